The van der Waals surface area contributed by atoms with Crippen LogP contribution >= 0.6 is 11.6 Å². The molecule has 5 aromatic rings. The van der Waals surface area contributed by atoms with Crippen LogP contribution in [0.15, 0.2) is 60.9 Å². The number of aryl methyl sites for hydroxylation is 1. The van der Waals surface area contributed by atoms with E-state index >= 15 is 0 Å². The topological polar surface area (TPSA) is 50.2 Å². The zero-order valence-electron chi connectivity index (χ0n) is 15.4. The van der Waals surface area contributed by atoms with E-state index in [0.29, 0.717) is 0 Å². The first-order valence-corrected chi connectivity index (χ1v) is 9.57. The number of H-pyrrole nitrogens is 1. The molecule has 3 aromatic carbocycles. The van der Waals surface area contributed by atoms with Crippen molar-refractivity contribution in [2.45, 2.75) is 0 Å². The maximum absolute atomic E-state index is 9.02. The third-order valence-corrected chi connectivity index (χ3v) is 5.66. The molecule has 0 saturated carbocycles. The Bertz CT molecular complexity index is 1330. The Labute approximate surface area is 166 Å². The van der Waals surface area contributed by atoms with E-state index in [1.807, 2.05) is 42.7 Å². The zero-order valence-corrected chi connectivity index (χ0v) is 16.1. The smallest absolute Gasteiger partial charge is 0.121 e. The zero-order chi connectivity index (χ0) is 19.3. The lowest BCUT2D eigenvalue weighted by Gasteiger charge is -2.08. The van der Waals surface area contributed by atoms with Crippen LogP contribution in [0.2, 0.25) is 5.02 Å². The van der Waals surface area contributed by atoms with Crippen molar-refractivity contribution in [3.8, 4) is 16.9 Å². The van der Waals surface area contributed by atoms with Gasteiger partial charge >= 0.3 is 0 Å². The normalized spacial score (nSPS) is 11.7. The molecular formula is C23H19ClN2O2. The molecule has 2 aromatic heterocycles. The van der Waals surface area contributed by atoms with Gasteiger partial charge in [0.1, 0.15) is 12.4 Å². The van der Waals surface area contributed by atoms with E-state index in [2.05, 4.69) is 34.8 Å². The van der Waals surface area contributed by atoms with Crippen molar-refractivity contribution >= 4 is 44.2 Å². The molecule has 140 valence electrons. The first kappa shape index (κ1) is 17.2. The van der Waals surface area contributed by atoms with E-state index in [-0.39, 0.29) is 13.2 Å². The van der Waals surface area contributed by atoms with E-state index < -0.39 is 0 Å². The Hall–Kier alpha value is -2.95. The van der Waals surface area contributed by atoms with E-state index in [0.717, 1.165) is 38.3 Å². The molecule has 2 heterocycles. The Balaban J connectivity index is 1.85. The van der Waals surface area contributed by atoms with Crippen molar-refractivity contribution < 1.29 is 9.84 Å². The summed E-state index contributed by atoms with van der Waals surface area (Å²) < 4.78 is 7.79. The summed E-state index contributed by atoms with van der Waals surface area (Å²) in [6.07, 6.45) is 4.08. The summed E-state index contributed by atoms with van der Waals surface area (Å²) in [5.41, 5.74) is 4.35. The lowest BCUT2D eigenvalue weighted by molar-refractivity contribution is 0.201. The van der Waals surface area contributed by atoms with Crippen LogP contribution in [0.4, 0.5) is 0 Å². The monoisotopic (exact) mass is 390 g/mol. The molecule has 0 aliphatic carbocycles. The quantitative estimate of drug-likeness (QED) is 0.425. The largest absolute Gasteiger partial charge is 0.491 e. The van der Waals surface area contributed by atoms with Crippen LogP contribution in [-0.4, -0.2) is 27.9 Å². The molecular weight excluding hydrogens is 372 g/mol. The number of hydrogen-bond acceptors (Lipinski definition) is 2. The van der Waals surface area contributed by atoms with Gasteiger partial charge in [-0.05, 0) is 29.8 Å². The number of hydrogen-bond donors (Lipinski definition) is 2. The minimum absolute atomic E-state index is 0.00167. The Morgan fingerprint density at radius 2 is 1.79 bits per heavy atom. The fourth-order valence-electron chi connectivity index (χ4n) is 4.05. The highest BCUT2D eigenvalue weighted by atomic mass is 35.5. The number of aromatic amines is 1. The van der Waals surface area contributed by atoms with Crippen LogP contribution in [0.3, 0.4) is 0 Å². The molecule has 0 atom stereocenters. The van der Waals surface area contributed by atoms with Gasteiger partial charge in [-0.25, -0.2) is 0 Å². The summed E-state index contributed by atoms with van der Waals surface area (Å²) in [6, 6.07) is 16.2. The van der Waals surface area contributed by atoms with Crippen molar-refractivity contribution in [1.29, 1.82) is 0 Å². The van der Waals surface area contributed by atoms with Crippen LogP contribution in [-0.2, 0) is 7.05 Å². The number of halogens is 1. The Morgan fingerprint density at radius 1 is 0.964 bits per heavy atom. The van der Waals surface area contributed by atoms with Gasteiger partial charge in [0, 0.05) is 57.6 Å². The van der Waals surface area contributed by atoms with Gasteiger partial charge in [-0.2, -0.15) is 0 Å². The number of aliphatic hydroxyl groups excluding tert-OH is 1. The number of nitrogens with one attached hydrogen (secondary N) is 1. The Kier molecular flexibility index (Phi) is 4.04. The molecule has 5 rings (SSSR count). The minimum atomic E-state index is -0.00167. The number of aromatic nitrogens is 2. The number of benzene rings is 3. The number of rotatable bonds is 4. The molecule has 0 aliphatic heterocycles. The van der Waals surface area contributed by atoms with Crippen LogP contribution in [0.25, 0.3) is 43.7 Å². The highest BCUT2D eigenvalue weighted by Crippen LogP contribution is 2.41. The number of aliphatic hydroxyl groups is 1. The molecule has 0 amide bonds. The van der Waals surface area contributed by atoms with Crippen molar-refractivity contribution in [2.75, 3.05) is 13.2 Å². The lowest BCUT2D eigenvalue weighted by Crippen LogP contribution is -2.01. The first-order chi connectivity index (χ1) is 13.7. The van der Waals surface area contributed by atoms with Gasteiger partial charge in [-0.15, -0.1) is 0 Å². The molecule has 0 bridgehead atoms. The van der Waals surface area contributed by atoms with Crippen LogP contribution < -0.4 is 4.74 Å². The molecule has 4 nitrogen and oxygen atoms in total. The van der Waals surface area contributed by atoms with Crippen LogP contribution in [0.5, 0.6) is 5.75 Å². The van der Waals surface area contributed by atoms with Gasteiger partial charge in [0.05, 0.1) is 17.6 Å². The fraction of sp³-hybridized carbons (Fsp3) is 0.130. The van der Waals surface area contributed by atoms with Gasteiger partial charge in [-0.1, -0.05) is 29.8 Å². The minimum Gasteiger partial charge on any atom is -0.491 e. The predicted molar refractivity (Wildman–Crippen MR) is 115 cm³/mol. The van der Waals surface area contributed by atoms with E-state index in [9.17, 15) is 0 Å². The summed E-state index contributed by atoms with van der Waals surface area (Å²) in [5.74, 6) is 0.754. The summed E-state index contributed by atoms with van der Waals surface area (Å²) >= 11 is 6.51. The van der Waals surface area contributed by atoms with Gasteiger partial charge < -0.3 is 19.4 Å². The van der Waals surface area contributed by atoms with Crippen molar-refractivity contribution in [1.82, 2.24) is 9.55 Å². The molecule has 5 heteroatoms. The molecule has 0 fully saturated rings. The molecule has 0 saturated heterocycles. The van der Waals surface area contributed by atoms with Gasteiger partial charge in [0.2, 0.25) is 0 Å². The summed E-state index contributed by atoms with van der Waals surface area (Å²) in [4.78, 5) is 3.27. The van der Waals surface area contributed by atoms with Crippen molar-refractivity contribution in [2.24, 2.45) is 7.05 Å². The fourth-order valence-corrected chi connectivity index (χ4v) is 4.29. The number of nitrogens with zero attached hydrogens (tertiary/aromatic N) is 1. The second kappa shape index (κ2) is 6.59. The second-order valence-corrected chi connectivity index (χ2v) is 7.30. The first-order valence-electron chi connectivity index (χ1n) is 9.19. The predicted octanol–water partition coefficient (Wildman–Crippen LogP) is 5.50. The van der Waals surface area contributed by atoms with E-state index in [4.69, 9.17) is 21.4 Å². The molecule has 0 aliphatic rings. The summed E-state index contributed by atoms with van der Waals surface area (Å²) in [5, 5.41) is 14.5. The van der Waals surface area contributed by atoms with E-state index in [1.54, 1.807) is 0 Å². The van der Waals surface area contributed by atoms with Crippen LogP contribution in [0, 0.1) is 0 Å². The molecule has 0 radical (unpaired) electrons. The third kappa shape index (κ3) is 2.49. The third-order valence-electron chi connectivity index (χ3n) is 5.33. The number of ether oxygens (including phenoxy) is 1. The maximum atomic E-state index is 9.02. The SMILES string of the molecule is Cn1c2cc(OCCO)ccc2c2c3c[nH]cc3c(-c3ccccc3Cl)cc21. The maximum Gasteiger partial charge on any atom is 0.121 e. The highest BCUT2D eigenvalue weighted by molar-refractivity contribution is 6.34. The van der Waals surface area contributed by atoms with Crippen molar-refractivity contribution in [3.05, 3.63) is 65.9 Å². The molecule has 2 N–H and O–H groups in total. The molecule has 0 unspecified atom stereocenters. The standard InChI is InChI=1S/C23H19ClN2O2/c1-26-21-10-14(28-9-8-27)6-7-16(21)23-19-13-25-12-18(19)17(11-22(23)26)15-4-2-3-5-20(15)24/h2-7,10-13,25,27H,8-9H2,1H3. The van der Waals surface area contributed by atoms with Crippen molar-refractivity contribution in [3.63, 3.8) is 0 Å². The van der Waals surface area contributed by atoms with Gasteiger partial charge in [0.25, 0.3) is 0 Å². The summed E-state index contributed by atoms with van der Waals surface area (Å²) in [7, 11) is 2.06. The highest BCUT2D eigenvalue weighted by Gasteiger charge is 2.17. The summed E-state index contributed by atoms with van der Waals surface area (Å²) in [6.45, 7) is 0.284. The van der Waals surface area contributed by atoms with Crippen LogP contribution in [0.1, 0.15) is 0 Å². The van der Waals surface area contributed by atoms with Gasteiger partial charge in [0.15, 0.2) is 0 Å². The molecule has 0 spiro atoms. The average molecular weight is 391 g/mol. The Morgan fingerprint density at radius 3 is 2.61 bits per heavy atom. The van der Waals surface area contributed by atoms with Gasteiger partial charge in [-0.3, -0.25) is 0 Å². The van der Waals surface area contributed by atoms with E-state index in [1.165, 1.54) is 16.2 Å². The number of fused-ring (bicyclic) bond motifs is 5. The second-order valence-electron chi connectivity index (χ2n) is 6.89. The molecule has 28 heavy (non-hydrogen) atoms. The average Bonchev–Trinajstić information content (AvgIpc) is 3.30. The lowest BCUT2D eigenvalue weighted by atomic mass is 9.97.